The zero-order valence-electron chi connectivity index (χ0n) is 18.9. The normalized spacial score (nSPS) is 12.0. The number of methoxy groups -OCH3 is 1. The van der Waals surface area contributed by atoms with Crippen molar-refractivity contribution < 1.29 is 37.0 Å². The summed E-state index contributed by atoms with van der Waals surface area (Å²) in [5.41, 5.74) is 0.900. The molecular formula is C22H18ClF3N4O5S. The summed E-state index contributed by atoms with van der Waals surface area (Å²) < 4.78 is 48.2. The number of hydrogen-bond donors (Lipinski definition) is 2. The van der Waals surface area contributed by atoms with Gasteiger partial charge in [0.05, 0.1) is 23.4 Å². The molecule has 36 heavy (non-hydrogen) atoms. The van der Waals surface area contributed by atoms with Crippen molar-refractivity contribution in [3.8, 4) is 16.2 Å². The fourth-order valence-corrected chi connectivity index (χ4v) is 4.12. The van der Waals surface area contributed by atoms with Crippen LogP contribution in [0.3, 0.4) is 0 Å². The minimum Gasteiger partial charge on any atom is -0.497 e. The van der Waals surface area contributed by atoms with Crippen LogP contribution in [-0.4, -0.2) is 41.0 Å². The highest BCUT2D eigenvalue weighted by Gasteiger charge is 2.44. The van der Waals surface area contributed by atoms with Crippen LogP contribution >= 0.6 is 22.9 Å². The molecule has 14 heteroatoms. The summed E-state index contributed by atoms with van der Waals surface area (Å²) in [5.74, 6) is -3.74. The van der Waals surface area contributed by atoms with Gasteiger partial charge in [-0.15, -0.1) is 0 Å². The average molecular weight is 543 g/mol. The molecule has 2 amide bonds. The number of aromatic nitrogens is 2. The third-order valence-corrected chi connectivity index (χ3v) is 5.95. The fraction of sp³-hybridized carbons (Fsp3) is 0.227. The molecule has 2 aromatic heterocycles. The van der Waals surface area contributed by atoms with E-state index in [1.165, 1.54) is 50.6 Å². The molecule has 0 bridgehead atoms. The van der Waals surface area contributed by atoms with Crippen LogP contribution in [0.5, 0.6) is 5.75 Å². The second-order valence-electron chi connectivity index (χ2n) is 7.23. The maximum absolute atomic E-state index is 13.0. The van der Waals surface area contributed by atoms with E-state index in [9.17, 15) is 27.6 Å². The first-order chi connectivity index (χ1) is 16.9. The number of nitrogens with one attached hydrogen (secondary N) is 2. The zero-order valence-corrected chi connectivity index (χ0v) is 20.5. The lowest BCUT2D eigenvalue weighted by Crippen LogP contribution is -2.32. The van der Waals surface area contributed by atoms with Crippen LogP contribution in [0.15, 0.2) is 36.5 Å². The predicted molar refractivity (Wildman–Crippen MR) is 126 cm³/mol. The molecule has 0 fully saturated rings. The van der Waals surface area contributed by atoms with Gasteiger partial charge in [-0.3, -0.25) is 9.59 Å². The van der Waals surface area contributed by atoms with Gasteiger partial charge >= 0.3 is 12.1 Å². The van der Waals surface area contributed by atoms with Crippen molar-refractivity contribution in [2.24, 2.45) is 0 Å². The van der Waals surface area contributed by atoms with Crippen LogP contribution in [0, 0.1) is 6.92 Å². The molecule has 3 aromatic rings. The van der Waals surface area contributed by atoms with E-state index in [-0.39, 0.29) is 28.1 Å². The molecule has 0 saturated heterocycles. The van der Waals surface area contributed by atoms with Gasteiger partial charge in [-0.25, -0.2) is 14.8 Å². The molecule has 0 aliphatic rings. The van der Waals surface area contributed by atoms with E-state index in [1.807, 2.05) is 0 Å². The topological polar surface area (TPSA) is 120 Å². The van der Waals surface area contributed by atoms with E-state index < -0.39 is 24.2 Å². The van der Waals surface area contributed by atoms with Gasteiger partial charge in [0, 0.05) is 24.2 Å². The second kappa shape index (κ2) is 10.9. The molecule has 2 heterocycles. The number of amides is 2. The van der Waals surface area contributed by atoms with Crippen LogP contribution in [0.1, 0.15) is 24.3 Å². The minimum atomic E-state index is -5.33. The maximum atomic E-state index is 13.0. The Morgan fingerprint density at radius 2 is 1.89 bits per heavy atom. The van der Waals surface area contributed by atoms with Gasteiger partial charge in [0.15, 0.2) is 10.3 Å². The highest BCUT2D eigenvalue weighted by molar-refractivity contribution is 7.19. The number of thiazole rings is 1. The lowest BCUT2D eigenvalue weighted by atomic mass is 10.1. The third kappa shape index (κ3) is 6.49. The molecule has 0 spiro atoms. The first-order valence-electron chi connectivity index (χ1n) is 10.0. The van der Waals surface area contributed by atoms with Gasteiger partial charge < -0.3 is 20.1 Å². The Hall–Kier alpha value is -3.71. The van der Waals surface area contributed by atoms with Gasteiger partial charge in [0.2, 0.25) is 12.0 Å². The molecule has 190 valence electrons. The van der Waals surface area contributed by atoms with Crippen molar-refractivity contribution in [2.75, 3.05) is 17.7 Å². The van der Waals surface area contributed by atoms with Crippen molar-refractivity contribution in [1.29, 1.82) is 0 Å². The number of rotatable bonds is 7. The first kappa shape index (κ1) is 26.9. The molecule has 1 aromatic carbocycles. The number of aryl methyl sites for hydroxylation is 1. The Morgan fingerprint density at radius 1 is 1.17 bits per heavy atom. The van der Waals surface area contributed by atoms with Crippen LogP contribution in [-0.2, 0) is 19.1 Å². The minimum absolute atomic E-state index is 0.0519. The standard InChI is InChI=1S/C22H18ClF3N4O5S/c1-10-17(36-21(28-10)29-11(2)31)13-8-15(18(23)27-9-13)30-19(32)16(35-20(33)22(24,25)26)12-5-4-6-14(7-12)34-3/h4-9,16H,1-3H3,(H,30,32)(H,28,29,31). The van der Waals surface area contributed by atoms with Crippen LogP contribution < -0.4 is 15.4 Å². The summed E-state index contributed by atoms with van der Waals surface area (Å²) in [6.45, 7) is 3.03. The van der Waals surface area contributed by atoms with E-state index >= 15 is 0 Å². The van der Waals surface area contributed by atoms with Crippen molar-refractivity contribution in [3.63, 3.8) is 0 Å². The van der Waals surface area contributed by atoms with Gasteiger partial charge in [-0.2, -0.15) is 13.2 Å². The molecule has 9 nitrogen and oxygen atoms in total. The molecule has 1 unspecified atom stereocenters. The number of benzene rings is 1. The molecule has 0 radical (unpaired) electrons. The monoisotopic (exact) mass is 542 g/mol. The highest BCUT2D eigenvalue weighted by Crippen LogP contribution is 2.36. The summed E-state index contributed by atoms with van der Waals surface area (Å²) in [6.07, 6.45) is -5.91. The van der Waals surface area contributed by atoms with E-state index in [0.29, 0.717) is 21.3 Å². The SMILES string of the molecule is COc1cccc(C(OC(=O)C(F)(F)F)C(=O)Nc2cc(-c3sc(NC(C)=O)nc3C)cnc2Cl)c1. The quantitative estimate of drug-likeness (QED) is 0.321. The average Bonchev–Trinajstić information content (AvgIpc) is 3.17. The Bertz CT molecular complexity index is 1320. The van der Waals surface area contributed by atoms with E-state index in [1.54, 1.807) is 6.92 Å². The van der Waals surface area contributed by atoms with Crippen LogP contribution in [0.25, 0.3) is 10.4 Å². The molecule has 1 atom stereocenters. The summed E-state index contributed by atoms with van der Waals surface area (Å²) in [6, 6.07) is 6.91. The molecule has 0 aliphatic heterocycles. The summed E-state index contributed by atoms with van der Waals surface area (Å²) in [4.78, 5) is 44.8. The lowest BCUT2D eigenvalue weighted by molar-refractivity contribution is -0.205. The fourth-order valence-electron chi connectivity index (χ4n) is 2.98. The Morgan fingerprint density at radius 3 is 2.53 bits per heavy atom. The van der Waals surface area contributed by atoms with Crippen molar-refractivity contribution in [2.45, 2.75) is 26.1 Å². The van der Waals surface area contributed by atoms with Crippen molar-refractivity contribution in [3.05, 3.63) is 52.9 Å². The second-order valence-corrected chi connectivity index (χ2v) is 8.58. The lowest BCUT2D eigenvalue weighted by Gasteiger charge is -2.19. The number of alkyl halides is 3. The molecule has 2 N–H and O–H groups in total. The molecular weight excluding hydrogens is 525 g/mol. The van der Waals surface area contributed by atoms with Gasteiger partial charge in [-0.1, -0.05) is 35.1 Å². The van der Waals surface area contributed by atoms with Crippen LogP contribution in [0.2, 0.25) is 5.15 Å². The number of anilines is 2. The summed E-state index contributed by atoms with van der Waals surface area (Å²) in [5, 5.41) is 5.11. The van der Waals surface area contributed by atoms with Gasteiger partial charge in [0.1, 0.15) is 5.75 Å². The molecule has 3 rings (SSSR count). The van der Waals surface area contributed by atoms with Gasteiger partial charge in [-0.05, 0) is 25.1 Å². The predicted octanol–water partition coefficient (Wildman–Crippen LogP) is 4.92. The van der Waals surface area contributed by atoms with E-state index in [0.717, 1.165) is 11.3 Å². The van der Waals surface area contributed by atoms with Crippen molar-refractivity contribution in [1.82, 2.24) is 9.97 Å². The Kier molecular flexibility index (Phi) is 8.15. The smallest absolute Gasteiger partial charge is 0.490 e. The Balaban J connectivity index is 1.94. The highest BCUT2D eigenvalue weighted by atomic mass is 35.5. The number of halogens is 4. The number of pyridine rings is 1. The largest absolute Gasteiger partial charge is 0.497 e. The number of nitrogens with zero attached hydrogens (tertiary/aromatic N) is 2. The number of hydrogen-bond acceptors (Lipinski definition) is 8. The number of ether oxygens (including phenoxy) is 2. The van der Waals surface area contributed by atoms with Crippen LogP contribution in [0.4, 0.5) is 24.0 Å². The number of esters is 1. The first-order valence-corrected chi connectivity index (χ1v) is 11.2. The maximum Gasteiger partial charge on any atom is 0.490 e. The number of carbonyl (C=O) groups is 3. The summed E-state index contributed by atoms with van der Waals surface area (Å²) >= 11 is 7.26. The van der Waals surface area contributed by atoms with Crippen molar-refractivity contribution >= 4 is 51.5 Å². The molecule has 0 aliphatic carbocycles. The van der Waals surface area contributed by atoms with E-state index in [2.05, 4.69) is 25.3 Å². The zero-order chi connectivity index (χ0) is 26.6. The number of carbonyl (C=O) groups excluding carboxylic acids is 3. The Labute approximate surface area is 211 Å². The summed E-state index contributed by atoms with van der Waals surface area (Å²) in [7, 11) is 1.33. The third-order valence-electron chi connectivity index (χ3n) is 4.53. The van der Waals surface area contributed by atoms with Gasteiger partial charge in [0.25, 0.3) is 5.91 Å². The van der Waals surface area contributed by atoms with E-state index in [4.69, 9.17) is 16.3 Å². The molecule has 0 saturated carbocycles.